The normalized spacial score (nSPS) is 18.2. The fraction of sp³-hybridized carbons (Fsp3) is 0.290. The van der Waals surface area contributed by atoms with Gasteiger partial charge < -0.3 is 9.47 Å². The number of epoxide rings is 1. The van der Waals surface area contributed by atoms with Crippen LogP contribution in [0.1, 0.15) is 49.3 Å². The SMILES string of the molecule is CC/C=C/C/C=C\C[C@H]1O[C@H]1CCOC(c1ccccc1)(c1ccccc1)c1ccccc1. The van der Waals surface area contributed by atoms with Crippen molar-refractivity contribution in [1.82, 2.24) is 0 Å². The molecule has 1 fully saturated rings. The second-order valence-electron chi connectivity index (χ2n) is 8.45. The van der Waals surface area contributed by atoms with E-state index >= 15 is 0 Å². The average Bonchev–Trinajstić information content (AvgIpc) is 3.63. The van der Waals surface area contributed by atoms with Crippen LogP contribution in [-0.4, -0.2) is 18.8 Å². The Morgan fingerprint density at radius 2 is 1.21 bits per heavy atom. The predicted molar refractivity (Wildman–Crippen MR) is 136 cm³/mol. The van der Waals surface area contributed by atoms with Crippen molar-refractivity contribution < 1.29 is 9.47 Å². The monoisotopic (exact) mass is 438 g/mol. The van der Waals surface area contributed by atoms with Gasteiger partial charge in [-0.3, -0.25) is 0 Å². The topological polar surface area (TPSA) is 21.8 Å². The first kappa shape index (κ1) is 23.2. The number of hydrogen-bond acceptors (Lipinski definition) is 2. The van der Waals surface area contributed by atoms with Gasteiger partial charge in [0.05, 0.1) is 18.8 Å². The minimum absolute atomic E-state index is 0.279. The molecule has 0 unspecified atom stereocenters. The van der Waals surface area contributed by atoms with Crippen LogP contribution in [0.5, 0.6) is 0 Å². The number of benzene rings is 3. The molecule has 1 saturated heterocycles. The van der Waals surface area contributed by atoms with E-state index in [9.17, 15) is 0 Å². The molecule has 170 valence electrons. The van der Waals surface area contributed by atoms with E-state index in [1.165, 1.54) is 0 Å². The Morgan fingerprint density at radius 3 is 1.73 bits per heavy atom. The molecule has 0 bridgehead atoms. The molecule has 0 saturated carbocycles. The van der Waals surface area contributed by atoms with Gasteiger partial charge in [-0.2, -0.15) is 0 Å². The Balaban J connectivity index is 1.47. The zero-order valence-corrected chi connectivity index (χ0v) is 19.5. The molecule has 3 aromatic carbocycles. The summed E-state index contributed by atoms with van der Waals surface area (Å²) in [5.74, 6) is 0. The third kappa shape index (κ3) is 5.90. The number of hydrogen-bond donors (Lipinski definition) is 0. The molecular weight excluding hydrogens is 404 g/mol. The van der Waals surface area contributed by atoms with Crippen LogP contribution in [0.15, 0.2) is 115 Å². The number of allylic oxidation sites excluding steroid dienone is 3. The molecule has 3 aromatic rings. The summed E-state index contributed by atoms with van der Waals surface area (Å²) < 4.78 is 12.8. The average molecular weight is 439 g/mol. The number of rotatable bonds is 12. The van der Waals surface area contributed by atoms with Gasteiger partial charge >= 0.3 is 0 Å². The first-order valence-corrected chi connectivity index (χ1v) is 12.1. The van der Waals surface area contributed by atoms with E-state index < -0.39 is 5.60 Å². The molecule has 0 aromatic heterocycles. The lowest BCUT2D eigenvalue weighted by Gasteiger charge is -2.36. The lowest BCUT2D eigenvalue weighted by molar-refractivity contribution is 0.00901. The van der Waals surface area contributed by atoms with Crippen molar-refractivity contribution in [2.75, 3.05) is 6.61 Å². The standard InChI is InChI=1S/C31H34O2/c1-2-3-4-5-6-16-23-29-30(33-29)24-25-32-31(26-17-10-7-11-18-26,27-19-12-8-13-20-27)28-21-14-9-15-22-28/h3-4,6-22,29-30H,2,5,23-25H2,1H3/b4-3+,16-6-/t29-,30+/m1/s1. The van der Waals surface area contributed by atoms with E-state index in [1.54, 1.807) is 0 Å². The second kappa shape index (κ2) is 11.8. The van der Waals surface area contributed by atoms with Crippen LogP contribution in [-0.2, 0) is 15.1 Å². The molecule has 4 rings (SSSR count). The second-order valence-corrected chi connectivity index (χ2v) is 8.45. The minimum atomic E-state index is -0.653. The van der Waals surface area contributed by atoms with Gasteiger partial charge in [0.1, 0.15) is 5.60 Å². The zero-order valence-electron chi connectivity index (χ0n) is 19.5. The van der Waals surface area contributed by atoms with Crippen LogP contribution in [0.4, 0.5) is 0 Å². The van der Waals surface area contributed by atoms with Gasteiger partial charge in [0, 0.05) is 0 Å². The van der Waals surface area contributed by atoms with Crippen molar-refractivity contribution in [1.29, 1.82) is 0 Å². The molecule has 2 heteroatoms. The summed E-state index contributed by atoms with van der Waals surface area (Å²) in [6.07, 6.45) is 13.5. The Bertz CT molecular complexity index is 912. The van der Waals surface area contributed by atoms with E-state index in [0.717, 1.165) is 42.4 Å². The van der Waals surface area contributed by atoms with Crippen LogP contribution in [0.25, 0.3) is 0 Å². The molecule has 0 amide bonds. The van der Waals surface area contributed by atoms with Gasteiger partial charge in [0.25, 0.3) is 0 Å². The number of ether oxygens (including phenoxy) is 2. The van der Waals surface area contributed by atoms with E-state index in [1.807, 2.05) is 0 Å². The van der Waals surface area contributed by atoms with Crippen molar-refractivity contribution in [3.8, 4) is 0 Å². The first-order valence-electron chi connectivity index (χ1n) is 12.1. The fourth-order valence-electron chi connectivity index (χ4n) is 4.41. The van der Waals surface area contributed by atoms with Crippen molar-refractivity contribution >= 4 is 0 Å². The fourth-order valence-corrected chi connectivity index (χ4v) is 4.41. The zero-order chi connectivity index (χ0) is 22.8. The van der Waals surface area contributed by atoms with Gasteiger partial charge in [0.15, 0.2) is 0 Å². The molecule has 2 nitrogen and oxygen atoms in total. The molecule has 1 aliphatic rings. The van der Waals surface area contributed by atoms with Crippen LogP contribution in [0.3, 0.4) is 0 Å². The van der Waals surface area contributed by atoms with E-state index in [0.29, 0.717) is 12.7 Å². The Kier molecular flexibility index (Phi) is 8.30. The molecule has 2 atom stereocenters. The van der Waals surface area contributed by atoms with Crippen LogP contribution >= 0.6 is 0 Å². The van der Waals surface area contributed by atoms with Crippen LogP contribution in [0.2, 0.25) is 0 Å². The summed E-state index contributed by atoms with van der Waals surface area (Å²) in [6, 6.07) is 31.6. The Morgan fingerprint density at radius 1 is 0.697 bits per heavy atom. The maximum atomic E-state index is 6.85. The van der Waals surface area contributed by atoms with Crippen LogP contribution in [0, 0.1) is 0 Å². The summed E-state index contributed by atoms with van der Waals surface area (Å²) >= 11 is 0. The highest BCUT2D eigenvalue weighted by Crippen LogP contribution is 2.41. The maximum Gasteiger partial charge on any atom is 0.143 e. The quantitative estimate of drug-likeness (QED) is 0.166. The van der Waals surface area contributed by atoms with Crippen LogP contribution < -0.4 is 0 Å². The van der Waals surface area contributed by atoms with Crippen molar-refractivity contribution in [3.05, 3.63) is 132 Å². The molecule has 0 spiro atoms. The van der Waals surface area contributed by atoms with Crippen molar-refractivity contribution in [2.24, 2.45) is 0 Å². The molecule has 0 radical (unpaired) electrons. The predicted octanol–water partition coefficient (Wildman–Crippen LogP) is 7.46. The lowest BCUT2D eigenvalue weighted by atomic mass is 9.80. The summed E-state index contributed by atoms with van der Waals surface area (Å²) in [5, 5.41) is 0. The Hall–Kier alpha value is -2.94. The van der Waals surface area contributed by atoms with E-state index in [4.69, 9.17) is 9.47 Å². The van der Waals surface area contributed by atoms with Crippen molar-refractivity contribution in [2.45, 2.75) is 50.4 Å². The third-order valence-electron chi connectivity index (χ3n) is 6.16. The first-order chi connectivity index (χ1) is 16.3. The Labute approximate surface area is 198 Å². The van der Waals surface area contributed by atoms with E-state index in [-0.39, 0.29) is 6.10 Å². The minimum Gasteiger partial charge on any atom is -0.369 e. The van der Waals surface area contributed by atoms with Crippen molar-refractivity contribution in [3.63, 3.8) is 0 Å². The molecule has 33 heavy (non-hydrogen) atoms. The highest BCUT2D eigenvalue weighted by atomic mass is 16.6. The summed E-state index contributed by atoms with van der Waals surface area (Å²) in [7, 11) is 0. The van der Waals surface area contributed by atoms with Gasteiger partial charge in [-0.1, -0.05) is 122 Å². The van der Waals surface area contributed by atoms with Gasteiger partial charge in [-0.15, -0.1) is 0 Å². The van der Waals surface area contributed by atoms with E-state index in [2.05, 4.69) is 122 Å². The summed E-state index contributed by atoms with van der Waals surface area (Å²) in [4.78, 5) is 0. The lowest BCUT2D eigenvalue weighted by Crippen LogP contribution is -2.33. The van der Waals surface area contributed by atoms with Gasteiger partial charge in [-0.25, -0.2) is 0 Å². The van der Waals surface area contributed by atoms with Gasteiger partial charge in [0.2, 0.25) is 0 Å². The molecule has 0 N–H and O–H groups in total. The summed E-state index contributed by atoms with van der Waals surface area (Å²) in [5.41, 5.74) is 2.76. The highest BCUT2D eigenvalue weighted by molar-refractivity contribution is 5.47. The molecule has 1 aliphatic heterocycles. The molecular formula is C31H34O2. The smallest absolute Gasteiger partial charge is 0.143 e. The molecule has 1 heterocycles. The molecule has 0 aliphatic carbocycles. The highest BCUT2D eigenvalue weighted by Gasteiger charge is 2.40. The maximum absolute atomic E-state index is 6.85. The third-order valence-corrected chi connectivity index (χ3v) is 6.16. The van der Waals surface area contributed by atoms with Gasteiger partial charge in [-0.05, 0) is 42.4 Å². The summed E-state index contributed by atoms with van der Waals surface area (Å²) in [6.45, 7) is 2.79. The largest absolute Gasteiger partial charge is 0.369 e.